The number of aryl methyl sites for hydroxylation is 1. The molecule has 27 heavy (non-hydrogen) atoms. The van der Waals surface area contributed by atoms with Gasteiger partial charge in [0.1, 0.15) is 12.4 Å². The zero-order valence-corrected chi connectivity index (χ0v) is 16.0. The van der Waals surface area contributed by atoms with Gasteiger partial charge < -0.3 is 18.8 Å². The van der Waals surface area contributed by atoms with E-state index >= 15 is 0 Å². The van der Waals surface area contributed by atoms with Gasteiger partial charge in [0, 0.05) is 12.4 Å². The molecule has 4 rings (SSSR count). The van der Waals surface area contributed by atoms with Gasteiger partial charge in [0.25, 0.3) is 0 Å². The molecule has 0 N–H and O–H groups in total. The monoisotopic (exact) mass is 384 g/mol. The summed E-state index contributed by atoms with van der Waals surface area (Å²) in [4.78, 5) is 18.7. The first-order valence-electron chi connectivity index (χ1n) is 8.72. The van der Waals surface area contributed by atoms with Crippen molar-refractivity contribution in [2.75, 3.05) is 20.2 Å². The third kappa shape index (κ3) is 3.98. The minimum Gasteiger partial charge on any atom is -0.486 e. The summed E-state index contributed by atoms with van der Waals surface area (Å²) < 4.78 is 17.2. The molecule has 3 aromatic rings. The second kappa shape index (κ2) is 7.44. The summed E-state index contributed by atoms with van der Waals surface area (Å²) >= 11 is 1.48. The van der Waals surface area contributed by atoms with E-state index < -0.39 is 0 Å². The van der Waals surface area contributed by atoms with Gasteiger partial charge in [0.05, 0.1) is 18.7 Å². The molecule has 1 unspecified atom stereocenters. The van der Waals surface area contributed by atoms with Crippen molar-refractivity contribution in [2.45, 2.75) is 19.4 Å². The third-order valence-corrected chi connectivity index (χ3v) is 5.21. The summed E-state index contributed by atoms with van der Waals surface area (Å²) in [7, 11) is 1.77. The number of thiazole rings is 1. The molecule has 0 fully saturated rings. The molecule has 1 atom stereocenters. The molecular weight excluding hydrogens is 364 g/mol. The van der Waals surface area contributed by atoms with Crippen molar-refractivity contribution in [1.29, 1.82) is 0 Å². The van der Waals surface area contributed by atoms with E-state index in [1.807, 2.05) is 48.7 Å². The Bertz CT molecular complexity index is 949. The number of carbonyl (C=O) groups excluding carboxylic acids is 1. The molecule has 0 saturated heterocycles. The van der Waals surface area contributed by atoms with Crippen LogP contribution in [0.1, 0.15) is 11.5 Å². The minimum absolute atomic E-state index is 0.00932. The zero-order valence-electron chi connectivity index (χ0n) is 15.2. The molecule has 0 aliphatic carbocycles. The van der Waals surface area contributed by atoms with Crippen molar-refractivity contribution in [1.82, 2.24) is 9.88 Å². The van der Waals surface area contributed by atoms with Crippen molar-refractivity contribution in [3.8, 4) is 22.3 Å². The van der Waals surface area contributed by atoms with Crippen molar-refractivity contribution >= 4 is 17.2 Å². The van der Waals surface area contributed by atoms with Gasteiger partial charge in [-0.25, -0.2) is 4.98 Å². The number of amides is 1. The molecule has 1 aliphatic rings. The normalized spacial score (nSPS) is 15.6. The van der Waals surface area contributed by atoms with E-state index in [0.717, 1.165) is 28.0 Å². The van der Waals surface area contributed by atoms with Gasteiger partial charge in [-0.05, 0) is 31.2 Å². The molecule has 6 nitrogen and oxygen atoms in total. The summed E-state index contributed by atoms with van der Waals surface area (Å²) in [6.45, 7) is 2.78. The predicted molar refractivity (Wildman–Crippen MR) is 102 cm³/mol. The Morgan fingerprint density at radius 2 is 2.07 bits per heavy atom. The van der Waals surface area contributed by atoms with Crippen LogP contribution in [0.15, 0.2) is 46.2 Å². The summed E-state index contributed by atoms with van der Waals surface area (Å²) in [5.41, 5.74) is 0.743. The van der Waals surface area contributed by atoms with Gasteiger partial charge in [0.2, 0.25) is 5.91 Å². The zero-order chi connectivity index (χ0) is 18.8. The Balaban J connectivity index is 1.34. The fraction of sp³-hybridized carbons (Fsp3) is 0.300. The van der Waals surface area contributed by atoms with E-state index in [1.165, 1.54) is 11.3 Å². The first-order valence-corrected chi connectivity index (χ1v) is 9.60. The van der Waals surface area contributed by atoms with Crippen LogP contribution in [0.25, 0.3) is 10.8 Å². The number of fused-ring (bicyclic) bond motifs is 1. The number of hydrogen-bond acceptors (Lipinski definition) is 6. The van der Waals surface area contributed by atoms with Crippen LogP contribution < -0.4 is 9.47 Å². The van der Waals surface area contributed by atoms with Crippen LogP contribution in [-0.2, 0) is 11.2 Å². The van der Waals surface area contributed by atoms with Crippen LogP contribution in [0.2, 0.25) is 0 Å². The molecule has 2 aromatic heterocycles. The number of hydrogen-bond donors (Lipinski definition) is 0. The van der Waals surface area contributed by atoms with Crippen LogP contribution >= 0.6 is 11.3 Å². The number of carbonyl (C=O) groups is 1. The Labute approximate surface area is 161 Å². The molecule has 0 saturated carbocycles. The molecule has 0 radical (unpaired) electrons. The summed E-state index contributed by atoms with van der Waals surface area (Å²) in [5, 5.41) is 2.68. The maximum absolute atomic E-state index is 12.6. The number of aromatic nitrogens is 1. The van der Waals surface area contributed by atoms with Crippen molar-refractivity contribution < 1.29 is 18.7 Å². The quantitative estimate of drug-likeness (QED) is 0.673. The summed E-state index contributed by atoms with van der Waals surface area (Å²) in [6, 6.07) is 11.4. The first kappa shape index (κ1) is 17.6. The highest BCUT2D eigenvalue weighted by molar-refractivity contribution is 7.13. The first-order chi connectivity index (χ1) is 13.1. The third-order valence-electron chi connectivity index (χ3n) is 4.31. The topological polar surface area (TPSA) is 64.8 Å². The van der Waals surface area contributed by atoms with E-state index in [4.69, 9.17) is 13.9 Å². The molecule has 1 aromatic carbocycles. The Kier molecular flexibility index (Phi) is 4.85. The number of ether oxygens (including phenoxy) is 2. The molecule has 1 amide bonds. The molecule has 0 bridgehead atoms. The highest BCUT2D eigenvalue weighted by atomic mass is 32.1. The van der Waals surface area contributed by atoms with Gasteiger partial charge in [-0.2, -0.15) is 0 Å². The lowest BCUT2D eigenvalue weighted by molar-refractivity contribution is -0.130. The number of rotatable bonds is 5. The largest absolute Gasteiger partial charge is 0.486 e. The molecular formula is C20H20N2O4S. The van der Waals surface area contributed by atoms with E-state index in [2.05, 4.69) is 4.98 Å². The number of nitrogens with zero attached hydrogens (tertiary/aromatic N) is 2. The van der Waals surface area contributed by atoms with Gasteiger partial charge in [-0.15, -0.1) is 11.3 Å². The average molecular weight is 384 g/mol. The number of furan rings is 1. The fourth-order valence-corrected chi connectivity index (χ4v) is 3.68. The second-order valence-corrected chi connectivity index (χ2v) is 7.36. The van der Waals surface area contributed by atoms with Crippen LogP contribution in [-0.4, -0.2) is 42.1 Å². The minimum atomic E-state index is -0.189. The van der Waals surface area contributed by atoms with Crippen molar-refractivity contribution in [3.63, 3.8) is 0 Å². The van der Waals surface area contributed by atoms with E-state index in [0.29, 0.717) is 18.9 Å². The average Bonchev–Trinajstić information content (AvgIpc) is 3.30. The highest BCUT2D eigenvalue weighted by Crippen LogP contribution is 2.31. The lowest BCUT2D eigenvalue weighted by Crippen LogP contribution is -2.42. The van der Waals surface area contributed by atoms with E-state index in [9.17, 15) is 4.79 Å². The van der Waals surface area contributed by atoms with Gasteiger partial charge in [0.15, 0.2) is 28.4 Å². The number of benzene rings is 1. The van der Waals surface area contributed by atoms with Crippen molar-refractivity contribution in [3.05, 3.63) is 53.2 Å². The number of para-hydroxylation sites is 2. The standard InChI is InChI=1S/C20H20N2O4S/c1-13-7-8-18(25-13)20-21-14(12-27-20)9-19(23)22(2)10-15-11-24-16-5-3-4-6-17(16)26-15/h3-8,12,15H,9-11H2,1-2H3. The highest BCUT2D eigenvalue weighted by Gasteiger charge is 2.24. The smallest absolute Gasteiger partial charge is 0.228 e. The Morgan fingerprint density at radius 1 is 1.26 bits per heavy atom. The SMILES string of the molecule is Cc1ccc(-c2nc(CC(=O)N(C)CC3COc4ccccc4O3)cs2)o1. The molecule has 0 spiro atoms. The van der Waals surface area contributed by atoms with Crippen LogP contribution in [0, 0.1) is 6.92 Å². The van der Waals surface area contributed by atoms with Crippen LogP contribution in [0.3, 0.4) is 0 Å². The summed E-state index contributed by atoms with van der Waals surface area (Å²) in [6.07, 6.45) is 0.0579. The van der Waals surface area contributed by atoms with Crippen molar-refractivity contribution in [2.24, 2.45) is 0 Å². The fourth-order valence-electron chi connectivity index (χ4n) is 2.90. The van der Waals surface area contributed by atoms with Gasteiger partial charge in [-0.3, -0.25) is 4.79 Å². The van der Waals surface area contributed by atoms with Crippen LogP contribution in [0.4, 0.5) is 0 Å². The lowest BCUT2D eigenvalue weighted by Gasteiger charge is -2.29. The maximum Gasteiger partial charge on any atom is 0.228 e. The molecule has 140 valence electrons. The second-order valence-electron chi connectivity index (χ2n) is 6.50. The van der Waals surface area contributed by atoms with E-state index in [-0.39, 0.29) is 18.4 Å². The Morgan fingerprint density at radius 3 is 2.85 bits per heavy atom. The Hall–Kier alpha value is -2.80. The molecule has 1 aliphatic heterocycles. The number of likely N-dealkylation sites (N-methyl/N-ethyl adjacent to an activating group) is 1. The van der Waals surface area contributed by atoms with Gasteiger partial charge >= 0.3 is 0 Å². The molecule has 7 heteroatoms. The molecule has 3 heterocycles. The summed E-state index contributed by atoms with van der Waals surface area (Å²) in [5.74, 6) is 3.02. The lowest BCUT2D eigenvalue weighted by atomic mass is 10.2. The van der Waals surface area contributed by atoms with Gasteiger partial charge in [-0.1, -0.05) is 12.1 Å². The maximum atomic E-state index is 12.6. The van der Waals surface area contributed by atoms with E-state index in [1.54, 1.807) is 11.9 Å². The predicted octanol–water partition coefficient (Wildman–Crippen LogP) is 3.55. The van der Waals surface area contributed by atoms with Crippen LogP contribution in [0.5, 0.6) is 11.5 Å².